The first-order chi connectivity index (χ1) is 5.91. The highest BCUT2D eigenvalue weighted by molar-refractivity contribution is 5.86. The smallest absolute Gasteiger partial charge is 0.141 e. The number of rotatable bonds is 1. The average molecular weight is 184 g/mol. The maximum atomic E-state index is 11.9. The fourth-order valence-electron chi connectivity index (χ4n) is 1.77. The van der Waals surface area contributed by atoms with Crippen LogP contribution in [0.2, 0.25) is 0 Å². The minimum atomic E-state index is -0.193. The van der Waals surface area contributed by atoms with Crippen LogP contribution in [0, 0.1) is 11.3 Å². The standard InChI is InChI=1S/C10H20N2O/c1-10(2,3)9(13)8-4-6-12(11)7-5-8/h8H,4-7,11H2,1-3H3. The van der Waals surface area contributed by atoms with Crippen molar-refractivity contribution in [2.24, 2.45) is 17.2 Å². The van der Waals surface area contributed by atoms with Crippen molar-refractivity contribution in [2.45, 2.75) is 33.6 Å². The molecule has 0 aromatic rings. The lowest BCUT2D eigenvalue weighted by atomic mass is 9.79. The van der Waals surface area contributed by atoms with Crippen LogP contribution in [0.4, 0.5) is 0 Å². The number of hydrogen-bond acceptors (Lipinski definition) is 3. The zero-order valence-corrected chi connectivity index (χ0v) is 8.84. The van der Waals surface area contributed by atoms with Gasteiger partial charge in [-0.05, 0) is 12.8 Å². The van der Waals surface area contributed by atoms with E-state index in [2.05, 4.69) is 0 Å². The molecule has 0 aliphatic carbocycles. The Labute approximate surface area is 80.2 Å². The van der Waals surface area contributed by atoms with E-state index in [9.17, 15) is 4.79 Å². The van der Waals surface area contributed by atoms with E-state index in [1.807, 2.05) is 20.8 Å². The molecule has 1 heterocycles. The lowest BCUT2D eigenvalue weighted by molar-refractivity contribution is -0.131. The first kappa shape index (κ1) is 10.7. The molecule has 1 aliphatic heterocycles. The summed E-state index contributed by atoms with van der Waals surface area (Å²) in [6.45, 7) is 7.68. The minimum Gasteiger partial charge on any atom is -0.299 e. The van der Waals surface area contributed by atoms with Crippen LogP contribution in [0.3, 0.4) is 0 Å². The summed E-state index contributed by atoms with van der Waals surface area (Å²) < 4.78 is 0. The van der Waals surface area contributed by atoms with E-state index in [1.165, 1.54) is 0 Å². The third kappa shape index (κ3) is 2.78. The SMILES string of the molecule is CC(C)(C)C(=O)C1CCN(N)CC1. The van der Waals surface area contributed by atoms with Crippen molar-refractivity contribution < 1.29 is 4.79 Å². The van der Waals surface area contributed by atoms with E-state index >= 15 is 0 Å². The lowest BCUT2D eigenvalue weighted by Gasteiger charge is -2.31. The number of carbonyl (C=O) groups is 1. The Morgan fingerprint density at radius 1 is 1.31 bits per heavy atom. The van der Waals surface area contributed by atoms with Crippen molar-refractivity contribution in [1.29, 1.82) is 0 Å². The molecular formula is C10H20N2O. The topological polar surface area (TPSA) is 46.3 Å². The quantitative estimate of drug-likeness (QED) is 0.623. The number of nitrogens with zero attached hydrogens (tertiary/aromatic N) is 1. The number of carbonyl (C=O) groups excluding carboxylic acids is 1. The van der Waals surface area contributed by atoms with E-state index in [0.29, 0.717) is 5.78 Å². The third-order valence-corrected chi connectivity index (χ3v) is 2.64. The molecule has 1 rings (SSSR count). The van der Waals surface area contributed by atoms with Gasteiger partial charge in [-0.2, -0.15) is 0 Å². The van der Waals surface area contributed by atoms with Crippen molar-refractivity contribution in [3.05, 3.63) is 0 Å². The lowest BCUT2D eigenvalue weighted by Crippen LogP contribution is -2.42. The van der Waals surface area contributed by atoms with Gasteiger partial charge in [-0.15, -0.1) is 0 Å². The highest BCUT2D eigenvalue weighted by Crippen LogP contribution is 2.26. The van der Waals surface area contributed by atoms with Gasteiger partial charge in [0.2, 0.25) is 0 Å². The number of Topliss-reactive ketones (excluding diaryl/α,β-unsaturated/α-hetero) is 1. The van der Waals surface area contributed by atoms with Gasteiger partial charge in [0.05, 0.1) is 0 Å². The summed E-state index contributed by atoms with van der Waals surface area (Å²) in [5, 5.41) is 1.80. The van der Waals surface area contributed by atoms with Crippen LogP contribution >= 0.6 is 0 Å². The average Bonchev–Trinajstić information content (AvgIpc) is 2.03. The largest absolute Gasteiger partial charge is 0.299 e. The van der Waals surface area contributed by atoms with Crippen LogP contribution in [0.5, 0.6) is 0 Å². The number of hydrazine groups is 1. The van der Waals surface area contributed by atoms with Crippen molar-refractivity contribution in [2.75, 3.05) is 13.1 Å². The van der Waals surface area contributed by atoms with Crippen LogP contribution in [-0.2, 0) is 4.79 Å². The first-order valence-electron chi connectivity index (χ1n) is 4.95. The van der Waals surface area contributed by atoms with Crippen molar-refractivity contribution in [1.82, 2.24) is 5.01 Å². The minimum absolute atomic E-state index is 0.193. The van der Waals surface area contributed by atoms with Crippen molar-refractivity contribution in [3.63, 3.8) is 0 Å². The summed E-state index contributed by atoms with van der Waals surface area (Å²) in [6.07, 6.45) is 1.85. The summed E-state index contributed by atoms with van der Waals surface area (Å²) in [5.41, 5.74) is -0.193. The van der Waals surface area contributed by atoms with E-state index < -0.39 is 0 Å². The molecule has 1 saturated heterocycles. The van der Waals surface area contributed by atoms with Crippen LogP contribution in [-0.4, -0.2) is 23.9 Å². The third-order valence-electron chi connectivity index (χ3n) is 2.64. The first-order valence-corrected chi connectivity index (χ1v) is 4.95. The molecule has 3 nitrogen and oxygen atoms in total. The van der Waals surface area contributed by atoms with E-state index in [0.717, 1.165) is 25.9 Å². The van der Waals surface area contributed by atoms with E-state index in [1.54, 1.807) is 5.01 Å². The normalized spacial score (nSPS) is 21.8. The molecule has 0 spiro atoms. The van der Waals surface area contributed by atoms with Gasteiger partial charge in [-0.3, -0.25) is 10.6 Å². The Hall–Kier alpha value is -0.410. The second-order valence-corrected chi connectivity index (χ2v) is 4.92. The van der Waals surface area contributed by atoms with Crippen molar-refractivity contribution >= 4 is 5.78 Å². The number of hydrogen-bond donors (Lipinski definition) is 1. The van der Waals surface area contributed by atoms with Crippen LogP contribution in [0.1, 0.15) is 33.6 Å². The maximum absolute atomic E-state index is 11.9. The van der Waals surface area contributed by atoms with Crippen LogP contribution in [0.15, 0.2) is 0 Å². The van der Waals surface area contributed by atoms with Crippen molar-refractivity contribution in [3.8, 4) is 0 Å². The molecule has 0 bridgehead atoms. The Morgan fingerprint density at radius 3 is 2.15 bits per heavy atom. The number of nitrogens with two attached hydrogens (primary N) is 1. The predicted octanol–water partition coefficient (Wildman–Crippen LogP) is 1.19. The molecule has 2 N–H and O–H groups in total. The molecule has 0 radical (unpaired) electrons. The molecule has 3 heteroatoms. The van der Waals surface area contributed by atoms with Crippen LogP contribution < -0.4 is 5.84 Å². The zero-order chi connectivity index (χ0) is 10.1. The van der Waals surface area contributed by atoms with E-state index in [-0.39, 0.29) is 11.3 Å². The Kier molecular flexibility index (Phi) is 3.09. The number of piperidine rings is 1. The molecular weight excluding hydrogens is 164 g/mol. The second kappa shape index (κ2) is 3.76. The molecule has 13 heavy (non-hydrogen) atoms. The molecule has 0 amide bonds. The van der Waals surface area contributed by atoms with Gasteiger partial charge in [0.25, 0.3) is 0 Å². The molecule has 1 aliphatic rings. The summed E-state index contributed by atoms with van der Waals surface area (Å²) in [7, 11) is 0. The summed E-state index contributed by atoms with van der Waals surface area (Å²) in [5.74, 6) is 6.25. The monoisotopic (exact) mass is 184 g/mol. The Bertz CT molecular complexity index is 188. The predicted molar refractivity (Wildman–Crippen MR) is 52.9 cm³/mol. The Balaban J connectivity index is 2.50. The second-order valence-electron chi connectivity index (χ2n) is 4.92. The highest BCUT2D eigenvalue weighted by Gasteiger charge is 2.31. The molecule has 76 valence electrons. The molecule has 0 unspecified atom stereocenters. The van der Waals surface area contributed by atoms with Gasteiger partial charge < -0.3 is 0 Å². The molecule has 0 aromatic carbocycles. The molecule has 0 atom stereocenters. The van der Waals surface area contributed by atoms with Gasteiger partial charge in [0.15, 0.2) is 0 Å². The Morgan fingerprint density at radius 2 is 1.77 bits per heavy atom. The summed E-state index contributed by atoms with van der Waals surface area (Å²) in [6, 6.07) is 0. The molecule has 1 fully saturated rings. The van der Waals surface area contributed by atoms with Crippen LogP contribution in [0.25, 0.3) is 0 Å². The highest BCUT2D eigenvalue weighted by atomic mass is 16.1. The van der Waals surface area contributed by atoms with Gasteiger partial charge in [0.1, 0.15) is 5.78 Å². The fraction of sp³-hybridized carbons (Fsp3) is 0.900. The van der Waals surface area contributed by atoms with Gasteiger partial charge in [-0.25, -0.2) is 5.01 Å². The summed E-state index contributed by atoms with van der Waals surface area (Å²) >= 11 is 0. The number of ketones is 1. The molecule has 0 aromatic heterocycles. The van der Waals surface area contributed by atoms with Gasteiger partial charge >= 0.3 is 0 Å². The molecule has 0 saturated carbocycles. The van der Waals surface area contributed by atoms with E-state index in [4.69, 9.17) is 5.84 Å². The zero-order valence-electron chi connectivity index (χ0n) is 8.84. The van der Waals surface area contributed by atoms with Gasteiger partial charge in [-0.1, -0.05) is 20.8 Å². The fourth-order valence-corrected chi connectivity index (χ4v) is 1.77. The maximum Gasteiger partial charge on any atom is 0.141 e. The van der Waals surface area contributed by atoms with Gasteiger partial charge in [0, 0.05) is 24.4 Å². The summed E-state index contributed by atoms with van der Waals surface area (Å²) in [4.78, 5) is 11.9.